The molecule has 0 saturated heterocycles. The number of benzene rings is 5. The van der Waals surface area contributed by atoms with Gasteiger partial charge in [-0.25, -0.2) is 9.56 Å². The highest BCUT2D eigenvalue weighted by Crippen LogP contribution is 2.53. The van der Waals surface area contributed by atoms with E-state index in [0.29, 0.717) is 33.4 Å². The number of phosphoric ester groups is 1. The molecule has 0 saturated carbocycles. The van der Waals surface area contributed by atoms with Crippen molar-refractivity contribution in [3.8, 4) is 5.75 Å². The summed E-state index contributed by atoms with van der Waals surface area (Å²) in [7, 11) is -4.42. The third kappa shape index (κ3) is 15.6. The zero-order valence-electron chi connectivity index (χ0n) is 40.4. The Labute approximate surface area is 418 Å². The van der Waals surface area contributed by atoms with Gasteiger partial charge < -0.3 is 20.3 Å². The number of phosphoric acid groups is 1. The van der Waals surface area contributed by atoms with E-state index in [9.17, 15) is 50.1 Å². The van der Waals surface area contributed by atoms with Gasteiger partial charge in [-0.1, -0.05) is 129 Å². The third-order valence-corrected chi connectivity index (χ3v) is 13.2. The maximum atomic E-state index is 14.7. The number of para-hydroxylation sites is 1. The van der Waals surface area contributed by atoms with Crippen molar-refractivity contribution in [1.29, 1.82) is 0 Å². The highest BCUT2D eigenvalue weighted by atomic mass is 31.2. The standard InChI is InChI=1S/C53H55F6N4O9P/c1-34-28-35(2)45(43(29-34)72-73(68,70-31-36-16-8-5-9-17-36)71-32-37-18-10-6-11-19-37)51(3,4)30-44(64)69-33-63-42-23-15-14-22-41(42)46(38-20-12-7-13-21-38)61-48(50(63)67)62-49(66)40(25-27-53(57,58)59)39(47(60)65)24-26-52(54,55)56/h5-23,28-29,39-40,48H,24-27,30-33H2,1-4H3,(H2,60,65)(H,62,66)/t39-,40+,48?/m0/s1. The number of primary amides is 1. The van der Waals surface area contributed by atoms with Gasteiger partial charge in [-0.05, 0) is 61.1 Å². The second-order valence-corrected chi connectivity index (χ2v) is 19.8. The van der Waals surface area contributed by atoms with Gasteiger partial charge in [-0.3, -0.25) is 33.1 Å². The predicted molar refractivity (Wildman–Crippen MR) is 260 cm³/mol. The first-order chi connectivity index (χ1) is 34.4. The van der Waals surface area contributed by atoms with Crippen molar-refractivity contribution in [2.45, 2.75) is 96.9 Å². The summed E-state index contributed by atoms with van der Waals surface area (Å²) < 4.78 is 119. The lowest BCUT2D eigenvalue weighted by molar-refractivity contribution is -0.152. The SMILES string of the molecule is Cc1cc(C)c(C(C)(C)CC(=O)OCN2C(=O)C(NC(=O)[C@H](CCC(F)(F)F)[C@H](CCC(F)(F)F)C(N)=O)N=C(c3ccccc3)c3ccccc32)c(OP(=O)(OCc2ccccc2)OCc2ccccc2)c1. The number of aliphatic imine (C=N–C) groups is 1. The van der Waals surface area contributed by atoms with Crippen molar-refractivity contribution >= 4 is 42.9 Å². The average Bonchev–Trinajstić information content (AvgIpc) is 3.43. The van der Waals surface area contributed by atoms with Gasteiger partial charge in [0.2, 0.25) is 18.0 Å². The molecule has 0 radical (unpaired) electrons. The Balaban J connectivity index is 1.29. The maximum Gasteiger partial charge on any atom is 0.530 e. The predicted octanol–water partition coefficient (Wildman–Crippen LogP) is 11.1. The topological polar surface area (TPSA) is 176 Å². The first-order valence-electron chi connectivity index (χ1n) is 23.1. The highest BCUT2D eigenvalue weighted by Gasteiger charge is 2.42. The fourth-order valence-electron chi connectivity index (χ4n) is 8.59. The number of aryl methyl sites for hydroxylation is 2. The minimum Gasteiger partial charge on any atom is -0.444 e. The van der Waals surface area contributed by atoms with Gasteiger partial charge in [0.25, 0.3) is 5.91 Å². The van der Waals surface area contributed by atoms with E-state index in [0.717, 1.165) is 10.5 Å². The zero-order valence-corrected chi connectivity index (χ0v) is 41.3. The molecule has 13 nitrogen and oxygen atoms in total. The van der Waals surface area contributed by atoms with E-state index in [4.69, 9.17) is 24.0 Å². The summed E-state index contributed by atoms with van der Waals surface area (Å²) in [5, 5.41) is 2.29. The number of ether oxygens (including phenoxy) is 1. The van der Waals surface area contributed by atoms with Crippen LogP contribution in [0.15, 0.2) is 132 Å². The molecule has 5 aromatic rings. The Bertz CT molecular complexity index is 2770. The number of benzodiazepines with no additional fused rings is 1. The number of halogens is 6. The number of nitrogens with two attached hydrogens (primary N) is 1. The third-order valence-electron chi connectivity index (χ3n) is 11.9. The molecule has 1 aliphatic heterocycles. The number of nitrogens with zero attached hydrogens (tertiary/aromatic N) is 2. The van der Waals surface area contributed by atoms with Gasteiger partial charge in [0.1, 0.15) is 5.75 Å². The van der Waals surface area contributed by atoms with Crippen LogP contribution in [0.3, 0.4) is 0 Å². The number of carbonyl (C=O) groups excluding carboxylic acids is 4. The normalized spacial score (nSPS) is 15.1. The van der Waals surface area contributed by atoms with Gasteiger partial charge in [0, 0.05) is 46.8 Å². The Morgan fingerprint density at radius 1 is 0.753 bits per heavy atom. The van der Waals surface area contributed by atoms with E-state index >= 15 is 0 Å². The number of fused-ring (bicyclic) bond motifs is 1. The summed E-state index contributed by atoms with van der Waals surface area (Å²) in [6.45, 7) is 5.98. The van der Waals surface area contributed by atoms with Crippen molar-refractivity contribution in [3.05, 3.63) is 166 Å². The molecule has 388 valence electrons. The van der Waals surface area contributed by atoms with E-state index in [1.807, 2.05) is 18.2 Å². The van der Waals surface area contributed by atoms with Crippen LogP contribution in [0.1, 0.15) is 84.9 Å². The van der Waals surface area contributed by atoms with Crippen molar-refractivity contribution in [3.63, 3.8) is 0 Å². The Hall–Kier alpha value is -6.82. The van der Waals surface area contributed by atoms with Crippen molar-refractivity contribution in [2.75, 3.05) is 11.6 Å². The number of carbonyl (C=O) groups is 4. The Morgan fingerprint density at radius 3 is 1.82 bits per heavy atom. The lowest BCUT2D eigenvalue weighted by Gasteiger charge is -2.31. The number of hydrogen-bond donors (Lipinski definition) is 2. The number of nitrogens with one attached hydrogen (secondary N) is 1. The molecule has 1 unspecified atom stereocenters. The molecule has 1 heterocycles. The van der Waals surface area contributed by atoms with E-state index in [2.05, 4.69) is 10.3 Å². The van der Waals surface area contributed by atoms with Crippen LogP contribution in [0.4, 0.5) is 32.0 Å². The van der Waals surface area contributed by atoms with E-state index in [1.54, 1.807) is 131 Å². The van der Waals surface area contributed by atoms with Gasteiger partial charge >= 0.3 is 26.1 Å². The van der Waals surface area contributed by atoms with Crippen LogP contribution in [-0.2, 0) is 56.2 Å². The quantitative estimate of drug-likeness (QED) is 0.0388. The lowest BCUT2D eigenvalue weighted by Crippen LogP contribution is -2.51. The molecule has 0 spiro atoms. The molecule has 6 rings (SSSR count). The summed E-state index contributed by atoms with van der Waals surface area (Å²) >= 11 is 0. The van der Waals surface area contributed by atoms with Gasteiger partial charge in [0.05, 0.1) is 31.0 Å². The number of amides is 3. The van der Waals surface area contributed by atoms with E-state index in [-0.39, 0.29) is 36.8 Å². The Kier molecular flexibility index (Phi) is 18.1. The Morgan fingerprint density at radius 2 is 1.27 bits per heavy atom. The van der Waals surface area contributed by atoms with Crippen molar-refractivity contribution in [1.82, 2.24) is 5.32 Å². The summed E-state index contributed by atoms with van der Waals surface area (Å²) in [6, 6.07) is 36.0. The van der Waals surface area contributed by atoms with Crippen LogP contribution < -0.4 is 20.5 Å². The van der Waals surface area contributed by atoms with Crippen LogP contribution >= 0.6 is 7.82 Å². The van der Waals surface area contributed by atoms with E-state index < -0.39 is 99.7 Å². The van der Waals surface area contributed by atoms with E-state index in [1.165, 1.54) is 6.07 Å². The molecule has 3 amide bonds. The largest absolute Gasteiger partial charge is 0.530 e. The van der Waals surface area contributed by atoms with Crippen molar-refractivity contribution < 1.29 is 68.4 Å². The molecule has 0 aliphatic carbocycles. The summed E-state index contributed by atoms with van der Waals surface area (Å²) in [4.78, 5) is 61.0. The van der Waals surface area contributed by atoms with Crippen LogP contribution in [0, 0.1) is 25.7 Å². The van der Waals surface area contributed by atoms with Crippen LogP contribution in [-0.4, -0.2) is 54.7 Å². The monoisotopic (exact) mass is 1040 g/mol. The second-order valence-electron chi connectivity index (χ2n) is 18.2. The zero-order chi connectivity index (χ0) is 53.1. The number of hydrogen-bond acceptors (Lipinski definition) is 10. The number of anilines is 1. The molecule has 5 aromatic carbocycles. The molecule has 0 fully saturated rings. The molecular weight excluding hydrogens is 982 g/mol. The molecule has 3 N–H and O–H groups in total. The molecule has 3 atom stereocenters. The average molecular weight is 1040 g/mol. The van der Waals surface area contributed by atoms with Gasteiger partial charge in [-0.15, -0.1) is 0 Å². The molecular formula is C53H55F6N4O9P. The molecule has 0 bridgehead atoms. The molecule has 0 aromatic heterocycles. The van der Waals surface area contributed by atoms with Crippen LogP contribution in [0.5, 0.6) is 5.75 Å². The minimum absolute atomic E-state index is 0.103. The molecule has 20 heteroatoms. The highest BCUT2D eigenvalue weighted by molar-refractivity contribution is 7.48. The summed E-state index contributed by atoms with van der Waals surface area (Å²) in [6.07, 6.45) is -17.6. The first-order valence-corrected chi connectivity index (χ1v) is 24.6. The fraction of sp³-hybridized carbons (Fsp3) is 0.340. The molecule has 73 heavy (non-hydrogen) atoms. The molecule has 1 aliphatic rings. The lowest BCUT2D eigenvalue weighted by atomic mass is 9.78. The fourth-order valence-corrected chi connectivity index (χ4v) is 9.77. The smallest absolute Gasteiger partial charge is 0.444 e. The van der Waals surface area contributed by atoms with Crippen molar-refractivity contribution in [2.24, 2.45) is 22.6 Å². The van der Waals surface area contributed by atoms with Gasteiger partial charge in [-0.2, -0.15) is 26.3 Å². The summed E-state index contributed by atoms with van der Waals surface area (Å²) in [5.74, 6) is -8.71. The van der Waals surface area contributed by atoms with Gasteiger partial charge in [0.15, 0.2) is 6.73 Å². The van der Waals surface area contributed by atoms with Crippen LogP contribution in [0.2, 0.25) is 0 Å². The second kappa shape index (κ2) is 23.8. The number of alkyl halides is 6. The maximum absolute atomic E-state index is 14.7. The number of rotatable bonds is 22. The van der Waals surface area contributed by atoms with Crippen LogP contribution in [0.25, 0.3) is 0 Å². The number of esters is 1. The summed E-state index contributed by atoms with van der Waals surface area (Å²) in [5.41, 5.74) is 8.46. The first kappa shape index (κ1) is 55.5. The minimum atomic E-state index is -4.89.